The first-order valence-electron chi connectivity index (χ1n) is 6.02. The van der Waals surface area contributed by atoms with E-state index in [9.17, 15) is 9.90 Å². The minimum absolute atomic E-state index is 0.0787. The average molecular weight is 282 g/mol. The Morgan fingerprint density at radius 1 is 1.30 bits per heavy atom. The van der Waals surface area contributed by atoms with Gasteiger partial charge >= 0.3 is 5.97 Å². The molecular formula is C14H18O6. The Morgan fingerprint density at radius 3 is 2.60 bits per heavy atom. The van der Waals surface area contributed by atoms with Crippen molar-refractivity contribution in [3.63, 3.8) is 0 Å². The number of carboxylic acid groups (broad SMARTS) is 1. The summed E-state index contributed by atoms with van der Waals surface area (Å²) in [6, 6.07) is 4.63. The van der Waals surface area contributed by atoms with E-state index in [2.05, 4.69) is 0 Å². The zero-order valence-electron chi connectivity index (χ0n) is 11.5. The normalized spacial score (nSPS) is 11.2. The molecule has 0 amide bonds. The molecule has 0 aliphatic heterocycles. The Labute approximate surface area is 117 Å². The summed E-state index contributed by atoms with van der Waals surface area (Å²) in [5, 5.41) is 18.7. The third kappa shape index (κ3) is 4.81. The summed E-state index contributed by atoms with van der Waals surface area (Å²) in [5.74, 6) is -1.03. The zero-order valence-corrected chi connectivity index (χ0v) is 11.5. The predicted octanol–water partition coefficient (Wildman–Crippen LogP) is 1.88. The minimum atomic E-state index is -1.20. The molecule has 1 aromatic rings. The Morgan fingerprint density at radius 2 is 2.05 bits per heavy atom. The van der Waals surface area contributed by atoms with Gasteiger partial charge < -0.3 is 24.4 Å². The number of phenolic OH excluding ortho intramolecular Hbond substituents is 1. The number of carboxylic acids is 1. The van der Waals surface area contributed by atoms with Crippen molar-refractivity contribution in [1.29, 1.82) is 0 Å². The number of phenols is 1. The predicted molar refractivity (Wildman–Crippen MR) is 72.7 cm³/mol. The third-order valence-corrected chi connectivity index (χ3v) is 2.48. The van der Waals surface area contributed by atoms with Gasteiger partial charge in [0.15, 0.2) is 0 Å². The largest absolute Gasteiger partial charge is 0.507 e. The second-order valence-corrected chi connectivity index (χ2v) is 3.93. The summed E-state index contributed by atoms with van der Waals surface area (Å²) in [7, 11) is 2.87. The standard InChI is InChI=1S/C14H18O6/c1-18-6-3-7-20-11-5-4-10(12(15)9-11)8-13(19-2)14(16)17/h4-5,8-9,15H,3,6-7H2,1-2H3,(H,16,17). The van der Waals surface area contributed by atoms with E-state index in [1.165, 1.54) is 19.3 Å². The lowest BCUT2D eigenvalue weighted by molar-refractivity contribution is -0.135. The van der Waals surface area contributed by atoms with Gasteiger partial charge in [-0.3, -0.25) is 0 Å². The summed E-state index contributed by atoms with van der Waals surface area (Å²) in [5.41, 5.74) is 0.341. The van der Waals surface area contributed by atoms with Crippen LogP contribution in [0.4, 0.5) is 0 Å². The molecule has 2 N–H and O–H groups in total. The lowest BCUT2D eigenvalue weighted by atomic mass is 10.1. The smallest absolute Gasteiger partial charge is 0.371 e. The van der Waals surface area contributed by atoms with E-state index >= 15 is 0 Å². The maximum atomic E-state index is 10.8. The van der Waals surface area contributed by atoms with Gasteiger partial charge in [0.05, 0.1) is 13.7 Å². The van der Waals surface area contributed by atoms with Crippen LogP contribution < -0.4 is 4.74 Å². The van der Waals surface area contributed by atoms with Crippen molar-refractivity contribution in [3.05, 3.63) is 29.5 Å². The second-order valence-electron chi connectivity index (χ2n) is 3.93. The summed E-state index contributed by atoms with van der Waals surface area (Å²) < 4.78 is 15.0. The van der Waals surface area contributed by atoms with Crippen LogP contribution in [0.25, 0.3) is 6.08 Å². The molecule has 110 valence electrons. The highest BCUT2D eigenvalue weighted by molar-refractivity contribution is 5.90. The van der Waals surface area contributed by atoms with Gasteiger partial charge in [0.1, 0.15) is 11.5 Å². The van der Waals surface area contributed by atoms with E-state index in [-0.39, 0.29) is 11.5 Å². The SMILES string of the molecule is COCCCOc1ccc(C=C(OC)C(=O)O)c(O)c1. The van der Waals surface area contributed by atoms with Gasteiger partial charge in [0, 0.05) is 31.8 Å². The Balaban J connectivity index is 2.75. The van der Waals surface area contributed by atoms with E-state index in [4.69, 9.17) is 19.3 Å². The van der Waals surface area contributed by atoms with E-state index < -0.39 is 5.97 Å². The van der Waals surface area contributed by atoms with E-state index in [1.54, 1.807) is 19.2 Å². The van der Waals surface area contributed by atoms with Gasteiger partial charge in [0.25, 0.3) is 0 Å². The Hall–Kier alpha value is -2.21. The lowest BCUT2D eigenvalue weighted by Crippen LogP contribution is -2.02. The number of methoxy groups -OCH3 is 2. The molecular weight excluding hydrogens is 264 g/mol. The molecule has 0 fully saturated rings. The van der Waals surface area contributed by atoms with E-state index in [1.807, 2.05) is 0 Å². The highest BCUT2D eigenvalue weighted by Crippen LogP contribution is 2.25. The average Bonchev–Trinajstić information content (AvgIpc) is 2.42. The van der Waals surface area contributed by atoms with Crippen LogP contribution in [0.3, 0.4) is 0 Å². The Bertz CT molecular complexity index is 481. The maximum Gasteiger partial charge on any atom is 0.371 e. The third-order valence-electron chi connectivity index (χ3n) is 2.48. The first kappa shape index (κ1) is 15.8. The Kier molecular flexibility index (Phi) is 6.39. The first-order valence-corrected chi connectivity index (χ1v) is 6.02. The fourth-order valence-corrected chi connectivity index (χ4v) is 1.48. The van der Waals surface area contributed by atoms with Crippen LogP contribution in [0.5, 0.6) is 11.5 Å². The molecule has 0 saturated heterocycles. The fourth-order valence-electron chi connectivity index (χ4n) is 1.48. The van der Waals surface area contributed by atoms with Crippen LogP contribution in [0.15, 0.2) is 24.0 Å². The monoisotopic (exact) mass is 282 g/mol. The van der Waals surface area contributed by atoms with Gasteiger partial charge in [-0.15, -0.1) is 0 Å². The van der Waals surface area contributed by atoms with Crippen molar-refractivity contribution < 1.29 is 29.2 Å². The summed E-state index contributed by atoms with van der Waals surface area (Å²) in [6.45, 7) is 1.07. The fraction of sp³-hybridized carbons (Fsp3) is 0.357. The molecule has 0 spiro atoms. The van der Waals surface area contributed by atoms with Crippen LogP contribution in [0.2, 0.25) is 0 Å². The van der Waals surface area contributed by atoms with Crippen LogP contribution in [-0.4, -0.2) is 43.6 Å². The molecule has 0 atom stereocenters. The lowest BCUT2D eigenvalue weighted by Gasteiger charge is -2.08. The van der Waals surface area contributed by atoms with Gasteiger partial charge in [0.2, 0.25) is 5.76 Å². The number of benzene rings is 1. The van der Waals surface area contributed by atoms with Crippen LogP contribution in [0, 0.1) is 0 Å². The highest BCUT2D eigenvalue weighted by atomic mass is 16.5. The van der Waals surface area contributed by atoms with Crippen LogP contribution in [-0.2, 0) is 14.3 Å². The molecule has 6 nitrogen and oxygen atoms in total. The second kappa shape index (κ2) is 8.06. The maximum absolute atomic E-state index is 10.8. The molecule has 20 heavy (non-hydrogen) atoms. The highest BCUT2D eigenvalue weighted by Gasteiger charge is 2.09. The summed E-state index contributed by atoms with van der Waals surface area (Å²) >= 11 is 0. The van der Waals surface area contributed by atoms with Crippen molar-refractivity contribution >= 4 is 12.0 Å². The molecule has 0 radical (unpaired) electrons. The number of ether oxygens (including phenoxy) is 3. The molecule has 0 heterocycles. The first-order chi connectivity index (χ1) is 9.58. The van der Waals surface area contributed by atoms with Crippen LogP contribution in [0.1, 0.15) is 12.0 Å². The molecule has 1 rings (SSSR count). The molecule has 0 bridgehead atoms. The molecule has 1 aromatic carbocycles. The minimum Gasteiger partial charge on any atom is -0.507 e. The van der Waals surface area contributed by atoms with Crippen molar-refractivity contribution in [2.24, 2.45) is 0 Å². The molecule has 0 aliphatic rings. The number of carbonyl (C=O) groups is 1. The van der Waals surface area contributed by atoms with E-state index in [0.29, 0.717) is 24.5 Å². The quantitative estimate of drug-likeness (QED) is 0.430. The van der Waals surface area contributed by atoms with Gasteiger partial charge in [-0.2, -0.15) is 0 Å². The van der Waals surface area contributed by atoms with Crippen molar-refractivity contribution in [2.45, 2.75) is 6.42 Å². The molecule has 0 aliphatic carbocycles. The van der Waals surface area contributed by atoms with Crippen molar-refractivity contribution in [3.8, 4) is 11.5 Å². The van der Waals surface area contributed by atoms with Crippen molar-refractivity contribution in [1.82, 2.24) is 0 Å². The zero-order chi connectivity index (χ0) is 15.0. The van der Waals surface area contributed by atoms with Crippen LogP contribution >= 0.6 is 0 Å². The summed E-state index contributed by atoms with van der Waals surface area (Å²) in [4.78, 5) is 10.8. The molecule has 6 heteroatoms. The topological polar surface area (TPSA) is 85.2 Å². The van der Waals surface area contributed by atoms with Gasteiger partial charge in [-0.25, -0.2) is 4.79 Å². The summed E-state index contributed by atoms with van der Waals surface area (Å²) in [6.07, 6.45) is 1.98. The number of rotatable bonds is 8. The number of hydrogen-bond donors (Lipinski definition) is 2. The molecule has 0 saturated carbocycles. The molecule has 0 aromatic heterocycles. The van der Waals surface area contributed by atoms with E-state index in [0.717, 1.165) is 6.42 Å². The molecule has 0 unspecified atom stereocenters. The van der Waals surface area contributed by atoms with Crippen molar-refractivity contribution in [2.75, 3.05) is 27.4 Å². The number of aliphatic carboxylic acids is 1. The number of hydrogen-bond acceptors (Lipinski definition) is 5. The number of aromatic hydroxyl groups is 1. The van der Waals surface area contributed by atoms with Gasteiger partial charge in [-0.1, -0.05) is 0 Å². The van der Waals surface area contributed by atoms with Gasteiger partial charge in [-0.05, 0) is 18.2 Å².